The van der Waals surface area contributed by atoms with Crippen LogP contribution in [0, 0.1) is 0 Å². The van der Waals surface area contributed by atoms with Crippen molar-refractivity contribution in [3.63, 3.8) is 0 Å². The highest BCUT2D eigenvalue weighted by Gasteiger charge is 2.31. The van der Waals surface area contributed by atoms with Gasteiger partial charge in [0.05, 0.1) is 23.9 Å². The molecule has 1 N–H and O–H groups in total. The van der Waals surface area contributed by atoms with Gasteiger partial charge in [-0.15, -0.1) is 0 Å². The van der Waals surface area contributed by atoms with Crippen LogP contribution in [0.25, 0.3) is 17.0 Å². The normalized spacial score (nSPS) is 15.6. The first-order chi connectivity index (χ1) is 15.8. The summed E-state index contributed by atoms with van der Waals surface area (Å²) in [7, 11) is 1.31. The van der Waals surface area contributed by atoms with Gasteiger partial charge in [-0.2, -0.15) is 10.1 Å². The molecule has 166 valence electrons. The van der Waals surface area contributed by atoms with Crippen molar-refractivity contribution in [2.75, 3.05) is 12.1 Å². The van der Waals surface area contributed by atoms with E-state index < -0.39 is 23.9 Å². The van der Waals surface area contributed by atoms with Gasteiger partial charge >= 0.3 is 11.9 Å². The van der Waals surface area contributed by atoms with E-state index in [4.69, 9.17) is 9.84 Å². The van der Waals surface area contributed by atoms with Gasteiger partial charge < -0.3 is 14.4 Å². The Morgan fingerprint density at radius 2 is 1.82 bits per heavy atom. The molecule has 2 heterocycles. The number of benzene rings is 2. The minimum absolute atomic E-state index is 0.0554. The fraction of sp³-hybridized carbons (Fsp3) is 0.125. The number of fused-ring (bicyclic) bond motifs is 1. The molecular formula is C24H19N3O6. The first-order valence-electron chi connectivity index (χ1n) is 9.96. The molecule has 0 bridgehead atoms. The number of carboxylic acid groups (broad SMARTS) is 1. The lowest BCUT2D eigenvalue weighted by Gasteiger charge is -2.12. The van der Waals surface area contributed by atoms with Crippen LogP contribution >= 0.6 is 0 Å². The predicted molar refractivity (Wildman–Crippen MR) is 121 cm³/mol. The van der Waals surface area contributed by atoms with E-state index in [2.05, 4.69) is 5.10 Å². The molecule has 0 aliphatic carbocycles. The minimum atomic E-state index is -1.09. The maximum Gasteiger partial charge on any atom is 0.335 e. The molecule has 1 aliphatic rings. The maximum atomic E-state index is 13.1. The van der Waals surface area contributed by atoms with Crippen LogP contribution in [-0.4, -0.2) is 46.6 Å². The van der Waals surface area contributed by atoms with E-state index in [-0.39, 0.29) is 16.8 Å². The number of aldehydes is 1. The standard InChI is InChI=1S/C24H19N3O6/c1-14(24(32)33-2)26-12-16(18-5-3-4-6-21(18)26)11-19-20(13-28)25-27(22(19)29)17-9-7-15(8-10-17)23(30)31/h3-14H,1-2H3,(H,30,31)/b19-11-. The number of para-hydroxylation sites is 1. The number of rotatable bonds is 6. The predicted octanol–water partition coefficient (Wildman–Crippen LogP) is 3.06. The van der Waals surface area contributed by atoms with Crippen LogP contribution in [0.15, 0.2) is 65.4 Å². The van der Waals surface area contributed by atoms with Crippen molar-refractivity contribution in [2.24, 2.45) is 5.10 Å². The molecule has 1 amide bonds. The number of aromatic carboxylic acids is 1. The van der Waals surface area contributed by atoms with Crippen LogP contribution in [0.4, 0.5) is 5.69 Å². The van der Waals surface area contributed by atoms with Gasteiger partial charge in [-0.25, -0.2) is 9.59 Å². The summed E-state index contributed by atoms with van der Waals surface area (Å²) >= 11 is 0. The number of hydrogen-bond acceptors (Lipinski definition) is 6. The number of carbonyl (C=O) groups is 4. The van der Waals surface area contributed by atoms with Gasteiger partial charge in [0.1, 0.15) is 11.8 Å². The van der Waals surface area contributed by atoms with Gasteiger partial charge in [0.2, 0.25) is 0 Å². The highest BCUT2D eigenvalue weighted by atomic mass is 16.5. The number of nitrogens with zero attached hydrogens (tertiary/aromatic N) is 3. The molecule has 33 heavy (non-hydrogen) atoms. The van der Waals surface area contributed by atoms with E-state index in [0.29, 0.717) is 17.5 Å². The number of methoxy groups -OCH3 is 1. The second kappa shape index (κ2) is 8.54. The molecule has 0 saturated carbocycles. The van der Waals surface area contributed by atoms with E-state index in [1.54, 1.807) is 23.8 Å². The number of carboxylic acids is 1. The summed E-state index contributed by atoms with van der Waals surface area (Å²) in [5.41, 5.74) is 1.81. The van der Waals surface area contributed by atoms with Crippen molar-refractivity contribution in [3.05, 3.63) is 71.4 Å². The summed E-state index contributed by atoms with van der Waals surface area (Å²) in [5, 5.41) is 15.0. The fourth-order valence-corrected chi connectivity index (χ4v) is 3.68. The Morgan fingerprint density at radius 3 is 2.45 bits per heavy atom. The second-order valence-corrected chi connectivity index (χ2v) is 7.34. The van der Waals surface area contributed by atoms with Gasteiger partial charge in [0, 0.05) is 22.7 Å². The highest BCUT2D eigenvalue weighted by molar-refractivity contribution is 6.50. The number of esters is 1. The summed E-state index contributed by atoms with van der Waals surface area (Å²) in [6.45, 7) is 1.71. The summed E-state index contributed by atoms with van der Waals surface area (Å²) < 4.78 is 6.60. The van der Waals surface area contributed by atoms with Gasteiger partial charge in [-0.1, -0.05) is 18.2 Å². The van der Waals surface area contributed by atoms with Crippen LogP contribution in [0.5, 0.6) is 0 Å². The Bertz CT molecular complexity index is 1350. The molecule has 0 saturated heterocycles. The monoisotopic (exact) mass is 445 g/mol. The molecule has 1 aliphatic heterocycles. The van der Waals surface area contributed by atoms with Crippen molar-refractivity contribution in [1.82, 2.24) is 4.57 Å². The van der Waals surface area contributed by atoms with Crippen molar-refractivity contribution < 1.29 is 29.0 Å². The van der Waals surface area contributed by atoms with Gasteiger partial charge in [0.25, 0.3) is 5.91 Å². The van der Waals surface area contributed by atoms with E-state index in [9.17, 15) is 19.2 Å². The fourth-order valence-electron chi connectivity index (χ4n) is 3.68. The Kier molecular flexibility index (Phi) is 5.61. The quantitative estimate of drug-likeness (QED) is 0.354. The van der Waals surface area contributed by atoms with Crippen LogP contribution in [0.2, 0.25) is 0 Å². The Hall–Kier alpha value is -4.53. The highest BCUT2D eigenvalue weighted by Crippen LogP contribution is 2.30. The van der Waals surface area contributed by atoms with Crippen LogP contribution in [0.3, 0.4) is 0 Å². The summed E-state index contributed by atoms with van der Waals surface area (Å²) in [6.07, 6.45) is 3.77. The molecule has 1 atom stereocenters. The molecule has 3 aromatic rings. The Balaban J connectivity index is 1.77. The Morgan fingerprint density at radius 1 is 1.12 bits per heavy atom. The van der Waals surface area contributed by atoms with Crippen molar-refractivity contribution >= 4 is 52.5 Å². The third-order valence-corrected chi connectivity index (χ3v) is 5.41. The number of anilines is 1. The van der Waals surface area contributed by atoms with E-state index in [1.807, 2.05) is 24.3 Å². The molecule has 4 rings (SSSR count). The first-order valence-corrected chi connectivity index (χ1v) is 9.96. The van der Waals surface area contributed by atoms with Gasteiger partial charge in [-0.3, -0.25) is 9.59 Å². The average Bonchev–Trinajstić information content (AvgIpc) is 3.36. The molecule has 1 aromatic heterocycles. The third kappa shape index (κ3) is 3.80. The molecule has 2 aromatic carbocycles. The number of amides is 1. The summed E-state index contributed by atoms with van der Waals surface area (Å²) in [4.78, 5) is 48.0. The summed E-state index contributed by atoms with van der Waals surface area (Å²) in [5.74, 6) is -2.04. The maximum absolute atomic E-state index is 13.1. The zero-order valence-corrected chi connectivity index (χ0v) is 17.8. The van der Waals surface area contributed by atoms with Gasteiger partial charge in [0.15, 0.2) is 6.29 Å². The van der Waals surface area contributed by atoms with Crippen molar-refractivity contribution in [3.8, 4) is 0 Å². The van der Waals surface area contributed by atoms with E-state index in [1.165, 1.54) is 31.4 Å². The van der Waals surface area contributed by atoms with Gasteiger partial charge in [-0.05, 0) is 43.3 Å². The third-order valence-electron chi connectivity index (χ3n) is 5.41. The number of hydrogen-bond donors (Lipinski definition) is 1. The molecule has 0 spiro atoms. The van der Waals surface area contributed by atoms with Crippen LogP contribution in [-0.2, 0) is 19.1 Å². The largest absolute Gasteiger partial charge is 0.478 e. The molecule has 0 fully saturated rings. The average molecular weight is 445 g/mol. The zero-order chi connectivity index (χ0) is 23.7. The number of hydrazone groups is 1. The molecular weight excluding hydrogens is 426 g/mol. The lowest BCUT2D eigenvalue weighted by atomic mass is 10.1. The topological polar surface area (TPSA) is 118 Å². The Labute approximate surface area is 188 Å². The summed E-state index contributed by atoms with van der Waals surface area (Å²) in [6, 6.07) is 12.4. The zero-order valence-electron chi connectivity index (χ0n) is 17.8. The molecule has 0 radical (unpaired) electrons. The van der Waals surface area contributed by atoms with Crippen molar-refractivity contribution in [2.45, 2.75) is 13.0 Å². The smallest absolute Gasteiger partial charge is 0.335 e. The van der Waals surface area contributed by atoms with Crippen LogP contribution < -0.4 is 5.01 Å². The number of carbonyl (C=O) groups excluding carboxylic acids is 3. The molecule has 9 heteroatoms. The first kappa shape index (κ1) is 21.7. The lowest BCUT2D eigenvalue weighted by molar-refractivity contribution is -0.143. The molecule has 9 nitrogen and oxygen atoms in total. The van der Waals surface area contributed by atoms with E-state index >= 15 is 0 Å². The SMILES string of the molecule is COC(=O)C(C)n1cc(/C=C2\C(=O)N(c3ccc(C(=O)O)cc3)N=C2C=O)c2ccccc21. The lowest BCUT2D eigenvalue weighted by Crippen LogP contribution is -2.21. The van der Waals surface area contributed by atoms with Crippen molar-refractivity contribution in [1.29, 1.82) is 0 Å². The van der Waals surface area contributed by atoms with E-state index in [0.717, 1.165) is 15.9 Å². The second-order valence-electron chi connectivity index (χ2n) is 7.34. The number of ether oxygens (including phenoxy) is 1. The molecule has 1 unspecified atom stereocenters. The van der Waals surface area contributed by atoms with Crippen LogP contribution in [0.1, 0.15) is 28.9 Å². The minimum Gasteiger partial charge on any atom is -0.478 e. The number of aromatic nitrogens is 1.